The van der Waals surface area contributed by atoms with E-state index in [1.54, 1.807) is 36.4 Å². The zero-order chi connectivity index (χ0) is 21.7. The maximum absolute atomic E-state index is 11.6. The molecule has 8 nitrogen and oxygen atoms in total. The Morgan fingerprint density at radius 3 is 2.37 bits per heavy atom. The molecule has 0 unspecified atom stereocenters. The van der Waals surface area contributed by atoms with Gasteiger partial charge in [-0.05, 0) is 67.6 Å². The van der Waals surface area contributed by atoms with E-state index < -0.39 is 10.9 Å². The number of nitro groups is 1. The van der Waals surface area contributed by atoms with E-state index in [4.69, 9.17) is 0 Å². The van der Waals surface area contributed by atoms with Crippen LogP contribution >= 0.6 is 11.8 Å². The van der Waals surface area contributed by atoms with Crippen LogP contribution in [0.4, 0.5) is 11.4 Å². The Kier molecular flexibility index (Phi) is 6.53. The van der Waals surface area contributed by atoms with Crippen LogP contribution in [0.25, 0.3) is 0 Å². The number of carbonyl (C=O) groups excluding carboxylic acids is 1. The van der Waals surface area contributed by atoms with Gasteiger partial charge in [0.1, 0.15) is 0 Å². The van der Waals surface area contributed by atoms with Crippen LogP contribution in [-0.2, 0) is 4.74 Å². The van der Waals surface area contributed by atoms with Crippen LogP contribution < -0.4 is 0 Å². The van der Waals surface area contributed by atoms with Crippen molar-refractivity contribution >= 4 is 35.3 Å². The van der Waals surface area contributed by atoms with E-state index in [0.29, 0.717) is 26.9 Å². The van der Waals surface area contributed by atoms with Gasteiger partial charge in [-0.2, -0.15) is 0 Å². The number of hydrogen-bond donors (Lipinski definition) is 0. The molecule has 0 saturated carbocycles. The van der Waals surface area contributed by atoms with Crippen molar-refractivity contribution in [2.75, 3.05) is 7.11 Å². The third-order valence-electron chi connectivity index (χ3n) is 3.99. The van der Waals surface area contributed by atoms with E-state index in [0.717, 1.165) is 23.1 Å². The Labute approximate surface area is 177 Å². The van der Waals surface area contributed by atoms with Crippen molar-refractivity contribution in [3.63, 3.8) is 0 Å². The number of aryl methyl sites for hydroxylation is 2. The average molecular weight is 422 g/mol. The zero-order valence-corrected chi connectivity index (χ0v) is 17.3. The molecule has 0 amide bonds. The Hall–Kier alpha value is -3.59. The van der Waals surface area contributed by atoms with Gasteiger partial charge in [-0.25, -0.2) is 14.8 Å². The molecule has 152 valence electrons. The van der Waals surface area contributed by atoms with Crippen molar-refractivity contribution < 1.29 is 14.5 Å². The lowest BCUT2D eigenvalue weighted by molar-refractivity contribution is -0.387. The van der Waals surface area contributed by atoms with Crippen molar-refractivity contribution in [1.29, 1.82) is 0 Å². The van der Waals surface area contributed by atoms with Crippen molar-refractivity contribution in [3.8, 4) is 0 Å². The van der Waals surface area contributed by atoms with Gasteiger partial charge in [0.05, 0.1) is 28.2 Å². The van der Waals surface area contributed by atoms with Crippen molar-refractivity contribution in [3.05, 3.63) is 81.2 Å². The summed E-state index contributed by atoms with van der Waals surface area (Å²) in [5, 5.41) is 12.0. The van der Waals surface area contributed by atoms with Gasteiger partial charge in [-0.1, -0.05) is 6.07 Å². The van der Waals surface area contributed by atoms with Crippen LogP contribution in [0.1, 0.15) is 27.3 Å². The summed E-state index contributed by atoms with van der Waals surface area (Å²) in [4.78, 5) is 36.0. The topological polar surface area (TPSA) is 108 Å². The Morgan fingerprint density at radius 2 is 1.77 bits per heavy atom. The number of nitro benzene ring substituents is 1. The summed E-state index contributed by atoms with van der Waals surface area (Å²) < 4.78 is 4.66. The van der Waals surface area contributed by atoms with Gasteiger partial charge in [-0.15, -0.1) is 0 Å². The second kappa shape index (κ2) is 9.27. The Bertz CT molecular complexity index is 1110. The molecule has 0 aliphatic rings. The molecule has 1 heterocycles. The quantitative estimate of drug-likeness (QED) is 0.186. The molecule has 3 rings (SSSR count). The van der Waals surface area contributed by atoms with Gasteiger partial charge in [0.15, 0.2) is 5.16 Å². The standard InChI is InChI=1S/C21H18N4O4S/c1-13-10-14(2)24-21(23-13)30-19-9-4-15(11-18(19)25(27)28)12-22-17-7-5-16(6-8-17)20(26)29-3/h4-12H,1-3H3. The SMILES string of the molecule is COC(=O)c1ccc(N=Cc2ccc(Sc3nc(C)cc(C)n3)c([N+](=O)[O-])c2)cc1. The highest BCUT2D eigenvalue weighted by Crippen LogP contribution is 2.33. The molecule has 9 heteroatoms. The number of aromatic nitrogens is 2. The molecular weight excluding hydrogens is 404 g/mol. The van der Waals surface area contributed by atoms with Crippen LogP contribution in [0.2, 0.25) is 0 Å². The molecule has 3 aromatic rings. The van der Waals surface area contributed by atoms with Gasteiger partial charge >= 0.3 is 5.97 Å². The van der Waals surface area contributed by atoms with Gasteiger partial charge in [0, 0.05) is 23.7 Å². The zero-order valence-electron chi connectivity index (χ0n) is 16.5. The van der Waals surface area contributed by atoms with E-state index in [9.17, 15) is 14.9 Å². The normalized spacial score (nSPS) is 10.9. The fourth-order valence-electron chi connectivity index (χ4n) is 2.63. The number of ether oxygens (including phenoxy) is 1. The first-order valence-corrected chi connectivity index (χ1v) is 9.68. The van der Waals surface area contributed by atoms with E-state index in [-0.39, 0.29) is 5.69 Å². The first kappa shape index (κ1) is 21.1. The smallest absolute Gasteiger partial charge is 0.337 e. The largest absolute Gasteiger partial charge is 0.465 e. The number of carbonyl (C=O) groups is 1. The van der Waals surface area contributed by atoms with E-state index in [1.165, 1.54) is 19.4 Å². The third kappa shape index (κ3) is 5.26. The monoisotopic (exact) mass is 422 g/mol. The summed E-state index contributed by atoms with van der Waals surface area (Å²) in [6.07, 6.45) is 1.53. The van der Waals surface area contributed by atoms with Crippen molar-refractivity contribution in [1.82, 2.24) is 9.97 Å². The van der Waals surface area contributed by atoms with Gasteiger partial charge in [-0.3, -0.25) is 15.1 Å². The number of benzene rings is 2. The Morgan fingerprint density at radius 1 is 1.10 bits per heavy atom. The number of aliphatic imine (C=N–C) groups is 1. The minimum atomic E-state index is -0.437. The number of nitrogens with zero attached hydrogens (tertiary/aromatic N) is 4. The fraction of sp³-hybridized carbons (Fsp3) is 0.143. The van der Waals surface area contributed by atoms with Crippen molar-refractivity contribution in [2.24, 2.45) is 4.99 Å². The molecular formula is C21H18N4O4S. The summed E-state index contributed by atoms with van der Waals surface area (Å²) >= 11 is 1.15. The highest BCUT2D eigenvalue weighted by Gasteiger charge is 2.17. The highest BCUT2D eigenvalue weighted by atomic mass is 32.2. The first-order valence-electron chi connectivity index (χ1n) is 8.87. The van der Waals surface area contributed by atoms with E-state index in [1.807, 2.05) is 19.9 Å². The fourth-order valence-corrected chi connectivity index (χ4v) is 3.58. The highest BCUT2D eigenvalue weighted by molar-refractivity contribution is 7.99. The van der Waals surface area contributed by atoms with Gasteiger partial charge < -0.3 is 4.74 Å². The minimum Gasteiger partial charge on any atom is -0.465 e. The number of methoxy groups -OCH3 is 1. The van der Waals surface area contributed by atoms with Crippen LogP contribution in [0, 0.1) is 24.0 Å². The lowest BCUT2D eigenvalue weighted by Gasteiger charge is -2.05. The number of rotatable bonds is 6. The van der Waals surface area contributed by atoms with Crippen LogP contribution in [-0.4, -0.2) is 34.2 Å². The molecule has 0 radical (unpaired) electrons. The van der Waals surface area contributed by atoms with Gasteiger partial charge in [0.2, 0.25) is 0 Å². The van der Waals surface area contributed by atoms with Crippen LogP contribution in [0.3, 0.4) is 0 Å². The van der Waals surface area contributed by atoms with Crippen LogP contribution in [0.5, 0.6) is 0 Å². The molecule has 0 saturated heterocycles. The first-order chi connectivity index (χ1) is 14.4. The second-order valence-corrected chi connectivity index (χ2v) is 7.33. The average Bonchev–Trinajstić information content (AvgIpc) is 2.72. The molecule has 30 heavy (non-hydrogen) atoms. The van der Waals surface area contributed by atoms with E-state index in [2.05, 4.69) is 19.7 Å². The van der Waals surface area contributed by atoms with E-state index >= 15 is 0 Å². The predicted octanol–water partition coefficient (Wildman–Crippen LogP) is 4.69. The number of esters is 1. The Balaban J connectivity index is 1.83. The minimum absolute atomic E-state index is 0.0484. The maximum atomic E-state index is 11.6. The predicted molar refractivity (Wildman–Crippen MR) is 114 cm³/mol. The third-order valence-corrected chi connectivity index (χ3v) is 4.92. The number of hydrogen-bond acceptors (Lipinski definition) is 8. The molecule has 0 fully saturated rings. The second-order valence-electron chi connectivity index (χ2n) is 6.32. The summed E-state index contributed by atoms with van der Waals surface area (Å²) in [5.74, 6) is -0.429. The molecule has 0 bridgehead atoms. The molecule has 0 atom stereocenters. The lowest BCUT2D eigenvalue weighted by atomic mass is 10.2. The van der Waals surface area contributed by atoms with Crippen LogP contribution in [0.15, 0.2) is 63.6 Å². The summed E-state index contributed by atoms with van der Waals surface area (Å²) in [5.41, 5.74) is 3.15. The summed E-state index contributed by atoms with van der Waals surface area (Å²) in [6, 6.07) is 13.2. The molecule has 0 aliphatic carbocycles. The summed E-state index contributed by atoms with van der Waals surface area (Å²) in [7, 11) is 1.31. The maximum Gasteiger partial charge on any atom is 0.337 e. The molecule has 1 aromatic heterocycles. The lowest BCUT2D eigenvalue weighted by Crippen LogP contribution is -1.99. The molecule has 0 N–H and O–H groups in total. The summed E-state index contributed by atoms with van der Waals surface area (Å²) in [6.45, 7) is 3.70. The molecule has 2 aromatic carbocycles. The molecule has 0 spiro atoms. The van der Waals surface area contributed by atoms with Gasteiger partial charge in [0.25, 0.3) is 5.69 Å². The molecule has 0 aliphatic heterocycles. The van der Waals surface area contributed by atoms with Crippen molar-refractivity contribution in [2.45, 2.75) is 23.9 Å².